The van der Waals surface area contributed by atoms with Gasteiger partial charge >= 0.3 is 12.2 Å². The first-order valence-corrected chi connectivity index (χ1v) is 12.4. The van der Waals surface area contributed by atoms with E-state index in [0.717, 1.165) is 30.6 Å². The summed E-state index contributed by atoms with van der Waals surface area (Å²) in [6.07, 6.45) is 1.14. The van der Waals surface area contributed by atoms with Crippen LogP contribution in [0.2, 0.25) is 0 Å². The second-order valence-electron chi connectivity index (χ2n) is 10.5. The molecule has 3 aromatic heterocycles. The molecule has 7 rings (SSSR count). The Morgan fingerprint density at radius 3 is 2.68 bits per heavy atom. The Hall–Kier alpha value is -3.74. The van der Waals surface area contributed by atoms with Crippen molar-refractivity contribution in [2.45, 2.75) is 55.8 Å². The highest BCUT2D eigenvalue weighted by Gasteiger charge is 2.48. The van der Waals surface area contributed by atoms with Crippen LogP contribution >= 0.6 is 0 Å². The Morgan fingerprint density at radius 1 is 1.16 bits per heavy atom. The van der Waals surface area contributed by atoms with E-state index in [4.69, 9.17) is 4.42 Å². The minimum Gasteiger partial charge on any atom is -0.430 e. The van der Waals surface area contributed by atoms with E-state index >= 15 is 0 Å². The van der Waals surface area contributed by atoms with Gasteiger partial charge in [0.05, 0.1) is 5.69 Å². The topological polar surface area (TPSA) is 103 Å². The minimum atomic E-state index is -4.70. The maximum absolute atomic E-state index is 13.6. The van der Waals surface area contributed by atoms with Crippen LogP contribution in [0.4, 0.5) is 29.2 Å². The van der Waals surface area contributed by atoms with Crippen LogP contribution in [0, 0.1) is 0 Å². The molecule has 1 aromatic carbocycles. The third-order valence-corrected chi connectivity index (χ3v) is 7.90. The number of nitrogens with zero attached hydrogens (tertiary/aromatic N) is 5. The van der Waals surface area contributed by atoms with Crippen LogP contribution in [-0.4, -0.2) is 43.7 Å². The average molecular weight is 529 g/mol. The van der Waals surface area contributed by atoms with E-state index in [1.165, 1.54) is 23.6 Å². The largest absolute Gasteiger partial charge is 0.430 e. The number of rotatable bonds is 6. The maximum atomic E-state index is 13.6. The van der Waals surface area contributed by atoms with Gasteiger partial charge < -0.3 is 15.1 Å². The molecule has 4 heterocycles. The first-order valence-electron chi connectivity index (χ1n) is 12.4. The van der Waals surface area contributed by atoms with Crippen LogP contribution in [0.5, 0.6) is 0 Å². The summed E-state index contributed by atoms with van der Waals surface area (Å²) in [6.45, 7) is -0.544. The number of halogens is 4. The van der Waals surface area contributed by atoms with E-state index in [9.17, 15) is 22.4 Å². The van der Waals surface area contributed by atoms with Crippen LogP contribution in [0.3, 0.4) is 0 Å². The predicted molar refractivity (Wildman–Crippen MR) is 128 cm³/mol. The van der Waals surface area contributed by atoms with E-state index in [0.29, 0.717) is 28.9 Å². The fraction of sp³-hybridized carbons (Fsp3) is 0.440. The Kier molecular flexibility index (Phi) is 4.85. The average Bonchev–Trinajstić information content (AvgIpc) is 3.78. The van der Waals surface area contributed by atoms with Crippen molar-refractivity contribution < 1.29 is 22.0 Å². The predicted octanol–water partition coefficient (Wildman–Crippen LogP) is 4.01. The van der Waals surface area contributed by atoms with Crippen molar-refractivity contribution in [2.24, 2.45) is 0 Å². The lowest BCUT2D eigenvalue weighted by Crippen LogP contribution is -2.33. The molecule has 13 heteroatoms. The van der Waals surface area contributed by atoms with Crippen molar-refractivity contribution in [2.75, 3.05) is 18.5 Å². The molecule has 0 bridgehead atoms. The van der Waals surface area contributed by atoms with Gasteiger partial charge in [0.25, 0.3) is 5.56 Å². The number of benzene rings is 1. The van der Waals surface area contributed by atoms with E-state index in [-0.39, 0.29) is 28.4 Å². The summed E-state index contributed by atoms with van der Waals surface area (Å²) in [5.41, 5.74) is 1.89. The van der Waals surface area contributed by atoms with Crippen LogP contribution in [-0.2, 0) is 23.9 Å². The molecule has 2 saturated carbocycles. The fourth-order valence-electron chi connectivity index (χ4n) is 5.40. The van der Waals surface area contributed by atoms with Crippen LogP contribution in [0.15, 0.2) is 39.9 Å². The highest BCUT2D eigenvalue weighted by atomic mass is 19.4. The molecule has 2 fully saturated rings. The second kappa shape index (κ2) is 7.88. The molecule has 9 nitrogen and oxygen atoms in total. The molecule has 4 aromatic rings. The number of anilines is 2. The molecule has 2 aliphatic carbocycles. The van der Waals surface area contributed by atoms with Gasteiger partial charge in [0, 0.05) is 35.8 Å². The first kappa shape index (κ1) is 23.4. The molecule has 0 radical (unpaired) electrons. The highest BCUT2D eigenvalue weighted by Crippen LogP contribution is 2.51. The number of oxazole rings is 1. The van der Waals surface area contributed by atoms with E-state index < -0.39 is 30.4 Å². The van der Waals surface area contributed by atoms with E-state index in [1.54, 1.807) is 0 Å². The van der Waals surface area contributed by atoms with Crippen molar-refractivity contribution in [1.82, 2.24) is 29.6 Å². The molecule has 0 unspecified atom stereocenters. The Labute approximate surface area is 212 Å². The van der Waals surface area contributed by atoms with Crippen molar-refractivity contribution in [1.29, 1.82) is 0 Å². The minimum absolute atomic E-state index is 0.0921. The molecule has 1 spiro atoms. The maximum Gasteiger partial charge on any atom is 0.408 e. The molecule has 0 amide bonds. The molecular weight excluding hydrogens is 506 g/mol. The van der Waals surface area contributed by atoms with Crippen LogP contribution in [0.25, 0.3) is 17.0 Å². The van der Waals surface area contributed by atoms with Crippen molar-refractivity contribution in [3.8, 4) is 6.01 Å². The van der Waals surface area contributed by atoms with Gasteiger partial charge in [-0.1, -0.05) is 6.07 Å². The standard InChI is InChI=1S/C25H23F4N7O2/c26-11-23(3-4-23)18-10-38-22(33-18)36-19-16(20(37)35(36)13-25(27,28)29)9-31-21(34-19)32-15-1-2-17-14(7-15)8-30-12-24(17)5-6-24/h1-2,7,9-10,30H,3-6,8,11-13H2,(H,31,32,34). The van der Waals surface area contributed by atoms with Gasteiger partial charge in [-0.3, -0.25) is 9.18 Å². The Bertz CT molecular complexity index is 1630. The number of hydrogen-bond acceptors (Lipinski definition) is 7. The molecule has 2 N–H and O–H groups in total. The second-order valence-corrected chi connectivity index (χ2v) is 10.5. The zero-order valence-electron chi connectivity index (χ0n) is 20.1. The summed E-state index contributed by atoms with van der Waals surface area (Å²) in [7, 11) is 0. The number of nitrogens with one attached hydrogen (secondary N) is 2. The Balaban J connectivity index is 1.30. The highest BCUT2D eigenvalue weighted by molar-refractivity contribution is 5.76. The molecule has 1 aliphatic heterocycles. The Morgan fingerprint density at radius 2 is 1.97 bits per heavy atom. The molecule has 0 saturated heterocycles. The summed E-state index contributed by atoms with van der Waals surface area (Å²) < 4.78 is 60.7. The van der Waals surface area contributed by atoms with Gasteiger partial charge in [0.2, 0.25) is 5.95 Å². The SMILES string of the molecule is O=c1c2cnc(Nc3ccc4c(c3)CNCC43CC3)nc2n(-c2nc(C3(CF)CC3)co2)n1CC(F)(F)F. The number of hydrogen-bond donors (Lipinski definition) is 2. The molecule has 198 valence electrons. The molecular formula is C25H23F4N7O2. The summed E-state index contributed by atoms with van der Waals surface area (Å²) in [6, 6.07) is 5.72. The van der Waals surface area contributed by atoms with Gasteiger partial charge in [-0.25, -0.2) is 9.67 Å². The van der Waals surface area contributed by atoms with Gasteiger partial charge in [-0.15, -0.1) is 0 Å². The van der Waals surface area contributed by atoms with Gasteiger partial charge in [0.15, 0.2) is 5.65 Å². The lowest BCUT2D eigenvalue weighted by Gasteiger charge is -2.26. The van der Waals surface area contributed by atoms with Crippen molar-refractivity contribution in [3.63, 3.8) is 0 Å². The van der Waals surface area contributed by atoms with E-state index in [1.807, 2.05) is 12.1 Å². The quantitative estimate of drug-likeness (QED) is 0.364. The van der Waals surface area contributed by atoms with Crippen LogP contribution in [0.1, 0.15) is 42.5 Å². The summed E-state index contributed by atoms with van der Waals surface area (Å²) in [4.78, 5) is 25.8. The lowest BCUT2D eigenvalue weighted by atomic mass is 9.88. The molecule has 0 atom stereocenters. The number of aromatic nitrogens is 5. The number of fused-ring (bicyclic) bond motifs is 3. The summed E-state index contributed by atoms with van der Waals surface area (Å²) in [5, 5.41) is 6.42. The lowest BCUT2D eigenvalue weighted by molar-refractivity contribution is -0.144. The normalized spacial score (nSPS) is 19.1. The van der Waals surface area contributed by atoms with Gasteiger partial charge in [0.1, 0.15) is 24.9 Å². The van der Waals surface area contributed by atoms with Crippen molar-refractivity contribution >= 4 is 22.7 Å². The van der Waals surface area contributed by atoms with Crippen LogP contribution < -0.4 is 16.2 Å². The third kappa shape index (κ3) is 3.70. The van der Waals surface area contributed by atoms with Crippen molar-refractivity contribution in [3.05, 3.63) is 57.8 Å². The fourth-order valence-corrected chi connectivity index (χ4v) is 5.40. The summed E-state index contributed by atoms with van der Waals surface area (Å²) in [5.74, 6) is 0.0921. The summed E-state index contributed by atoms with van der Waals surface area (Å²) >= 11 is 0. The monoisotopic (exact) mass is 529 g/mol. The molecule has 3 aliphatic rings. The third-order valence-electron chi connectivity index (χ3n) is 7.90. The van der Waals surface area contributed by atoms with Gasteiger partial charge in [-0.2, -0.15) is 27.8 Å². The van der Waals surface area contributed by atoms with E-state index in [2.05, 4.69) is 31.7 Å². The van der Waals surface area contributed by atoms with Gasteiger partial charge in [-0.05, 0) is 48.9 Å². The smallest absolute Gasteiger partial charge is 0.408 e. The first-order chi connectivity index (χ1) is 18.2. The molecule has 38 heavy (non-hydrogen) atoms. The number of alkyl halides is 4. The zero-order chi connectivity index (χ0) is 26.3. The zero-order valence-corrected chi connectivity index (χ0v) is 20.1.